The van der Waals surface area contributed by atoms with Gasteiger partial charge in [0, 0.05) is 5.69 Å². The van der Waals surface area contributed by atoms with E-state index >= 15 is 0 Å². The summed E-state index contributed by atoms with van der Waals surface area (Å²) in [6, 6.07) is 5.34. The fourth-order valence-electron chi connectivity index (χ4n) is 1.99. The molecule has 0 heterocycles. The number of benzene rings is 1. The average molecular weight is 256 g/mol. The highest BCUT2D eigenvalue weighted by Gasteiger charge is 2.07. The third kappa shape index (κ3) is 3.63. The molecule has 0 fully saturated rings. The largest absolute Gasteiger partial charge is 0.399 e. The zero-order valence-electron chi connectivity index (χ0n) is 10.9. The number of hydrogen-bond donors (Lipinski definition) is 3. The maximum Gasteiger partial charge on any atom is 0.0770 e. The molecule has 4 heteroatoms. The lowest BCUT2D eigenvalue weighted by atomic mass is 10.1. The minimum Gasteiger partial charge on any atom is -0.399 e. The minimum absolute atomic E-state index is 0.609. The van der Waals surface area contributed by atoms with Crippen molar-refractivity contribution in [2.24, 2.45) is 5.84 Å². The van der Waals surface area contributed by atoms with Gasteiger partial charge in [0.05, 0.1) is 17.9 Å². The van der Waals surface area contributed by atoms with Gasteiger partial charge in [-0.1, -0.05) is 30.4 Å². The summed E-state index contributed by atoms with van der Waals surface area (Å²) < 4.78 is 0. The second-order valence-corrected chi connectivity index (χ2v) is 4.57. The van der Waals surface area contributed by atoms with Gasteiger partial charge in [-0.15, -0.1) is 0 Å². The van der Waals surface area contributed by atoms with Crippen molar-refractivity contribution in [3.05, 3.63) is 54.2 Å². The summed E-state index contributed by atoms with van der Waals surface area (Å²) in [5.41, 5.74) is 14.9. The minimum atomic E-state index is 0.609. The quantitative estimate of drug-likeness (QED) is 0.335. The van der Waals surface area contributed by atoms with Crippen LogP contribution in [-0.4, -0.2) is 6.54 Å². The molecule has 0 spiro atoms. The van der Waals surface area contributed by atoms with Crippen molar-refractivity contribution in [1.82, 2.24) is 0 Å². The Morgan fingerprint density at radius 2 is 1.84 bits per heavy atom. The first-order valence-corrected chi connectivity index (χ1v) is 6.34. The average Bonchev–Trinajstić information content (AvgIpc) is 2.35. The van der Waals surface area contributed by atoms with E-state index in [2.05, 4.69) is 30.4 Å². The van der Waals surface area contributed by atoms with Gasteiger partial charge in [-0.05, 0) is 36.6 Å². The van der Waals surface area contributed by atoms with E-state index in [0.29, 0.717) is 17.9 Å². The van der Waals surface area contributed by atoms with Crippen molar-refractivity contribution < 1.29 is 0 Å². The van der Waals surface area contributed by atoms with Gasteiger partial charge >= 0.3 is 0 Å². The Morgan fingerprint density at radius 3 is 2.68 bits per heavy atom. The zero-order valence-corrected chi connectivity index (χ0v) is 10.9. The summed E-state index contributed by atoms with van der Waals surface area (Å²) in [7, 11) is 0. The van der Waals surface area contributed by atoms with Crippen LogP contribution >= 0.6 is 0 Å². The molecule has 1 aliphatic carbocycles. The standard InChI is InChI=1S/C15H20N4/c16-13-8-9-14(17)15(10-13)19(18)11-12-6-4-2-1-3-5-7-12/h1-2,5-10H,3-4,11,16-18H2/b2-1-,7-5-,12-6+. The van der Waals surface area contributed by atoms with Gasteiger partial charge in [0.2, 0.25) is 0 Å². The van der Waals surface area contributed by atoms with Gasteiger partial charge in [0.1, 0.15) is 0 Å². The molecule has 1 aliphatic rings. The van der Waals surface area contributed by atoms with Crippen LogP contribution in [0.5, 0.6) is 0 Å². The number of nitrogen functional groups attached to an aromatic ring is 2. The molecule has 1 aromatic rings. The summed E-state index contributed by atoms with van der Waals surface area (Å²) in [6.07, 6.45) is 12.6. The summed E-state index contributed by atoms with van der Waals surface area (Å²) >= 11 is 0. The summed E-state index contributed by atoms with van der Waals surface area (Å²) in [5, 5.41) is 1.63. The molecule has 0 saturated carbocycles. The van der Waals surface area contributed by atoms with Crippen LogP contribution in [0.1, 0.15) is 12.8 Å². The van der Waals surface area contributed by atoms with E-state index in [4.69, 9.17) is 17.3 Å². The van der Waals surface area contributed by atoms with Crippen LogP contribution in [0.25, 0.3) is 0 Å². The highest BCUT2D eigenvalue weighted by atomic mass is 15.4. The van der Waals surface area contributed by atoms with Crippen LogP contribution in [0.15, 0.2) is 54.2 Å². The molecule has 0 atom stereocenters. The van der Waals surface area contributed by atoms with E-state index in [9.17, 15) is 0 Å². The van der Waals surface area contributed by atoms with E-state index in [1.54, 1.807) is 23.2 Å². The van der Waals surface area contributed by atoms with Crippen LogP contribution in [0.3, 0.4) is 0 Å². The molecule has 4 nitrogen and oxygen atoms in total. The number of hydrogen-bond acceptors (Lipinski definition) is 4. The van der Waals surface area contributed by atoms with Gasteiger partial charge in [0.25, 0.3) is 0 Å². The van der Waals surface area contributed by atoms with Crippen molar-refractivity contribution in [3.8, 4) is 0 Å². The van der Waals surface area contributed by atoms with E-state index in [1.807, 2.05) is 0 Å². The molecule has 0 unspecified atom stereocenters. The molecule has 0 radical (unpaired) electrons. The van der Waals surface area contributed by atoms with E-state index in [0.717, 1.165) is 18.5 Å². The molecule has 6 N–H and O–H groups in total. The molecular weight excluding hydrogens is 236 g/mol. The van der Waals surface area contributed by atoms with Gasteiger partial charge in [0.15, 0.2) is 0 Å². The number of nitrogens with zero attached hydrogens (tertiary/aromatic N) is 1. The van der Waals surface area contributed by atoms with Crippen LogP contribution in [-0.2, 0) is 0 Å². The Kier molecular flexibility index (Phi) is 4.26. The lowest BCUT2D eigenvalue weighted by Crippen LogP contribution is -2.33. The fourth-order valence-corrected chi connectivity index (χ4v) is 1.99. The SMILES string of the molecule is Nc1ccc(N)c(N(N)CC2=C/C/C=C\C/C=C\2)c1. The van der Waals surface area contributed by atoms with Gasteiger partial charge in [-0.2, -0.15) is 0 Å². The van der Waals surface area contributed by atoms with E-state index < -0.39 is 0 Å². The first-order valence-electron chi connectivity index (χ1n) is 6.34. The topological polar surface area (TPSA) is 81.3 Å². The lowest BCUT2D eigenvalue weighted by Gasteiger charge is -2.21. The fraction of sp³-hybridized carbons (Fsp3) is 0.200. The van der Waals surface area contributed by atoms with Crippen molar-refractivity contribution in [1.29, 1.82) is 0 Å². The second kappa shape index (κ2) is 6.11. The van der Waals surface area contributed by atoms with Crippen LogP contribution in [0.2, 0.25) is 0 Å². The Hall–Kier alpha value is -2.20. The van der Waals surface area contributed by atoms with Crippen LogP contribution < -0.4 is 22.3 Å². The maximum absolute atomic E-state index is 6.09. The summed E-state index contributed by atoms with van der Waals surface area (Å²) in [4.78, 5) is 0. The second-order valence-electron chi connectivity index (χ2n) is 4.57. The number of rotatable bonds is 3. The molecule has 0 bridgehead atoms. The van der Waals surface area contributed by atoms with Crippen molar-refractivity contribution in [3.63, 3.8) is 0 Å². The smallest absolute Gasteiger partial charge is 0.0770 e. The normalized spacial score (nSPS) is 20.8. The van der Waals surface area contributed by atoms with Crippen LogP contribution in [0.4, 0.5) is 17.1 Å². The van der Waals surface area contributed by atoms with Crippen molar-refractivity contribution >= 4 is 17.1 Å². The van der Waals surface area contributed by atoms with E-state index in [-0.39, 0.29) is 0 Å². The predicted molar refractivity (Wildman–Crippen MR) is 82.4 cm³/mol. The molecule has 2 rings (SSSR count). The Balaban J connectivity index is 2.14. The molecule has 0 aromatic heterocycles. The first kappa shape index (κ1) is 13.2. The van der Waals surface area contributed by atoms with Crippen molar-refractivity contribution in [2.45, 2.75) is 12.8 Å². The molecule has 100 valence electrons. The van der Waals surface area contributed by atoms with Crippen molar-refractivity contribution in [2.75, 3.05) is 23.0 Å². The molecule has 19 heavy (non-hydrogen) atoms. The Bertz CT molecular complexity index is 529. The maximum atomic E-state index is 6.09. The van der Waals surface area contributed by atoms with E-state index in [1.165, 1.54) is 5.57 Å². The molecule has 0 amide bonds. The highest BCUT2D eigenvalue weighted by Crippen LogP contribution is 2.24. The number of hydrazine groups is 1. The Morgan fingerprint density at radius 1 is 1.05 bits per heavy atom. The van der Waals surface area contributed by atoms with Crippen LogP contribution in [0, 0.1) is 0 Å². The number of nitrogens with two attached hydrogens (primary N) is 3. The van der Waals surface area contributed by atoms with Gasteiger partial charge in [-0.3, -0.25) is 0 Å². The third-order valence-corrected chi connectivity index (χ3v) is 3.00. The first-order chi connectivity index (χ1) is 9.16. The molecule has 1 aromatic carbocycles. The molecule has 0 aliphatic heterocycles. The summed E-state index contributed by atoms with van der Waals surface area (Å²) in [5.74, 6) is 6.09. The predicted octanol–water partition coefficient (Wildman–Crippen LogP) is 2.36. The monoisotopic (exact) mass is 256 g/mol. The molecular formula is C15H20N4. The number of allylic oxidation sites excluding steroid dienone is 4. The lowest BCUT2D eigenvalue weighted by molar-refractivity contribution is 0.916. The third-order valence-electron chi connectivity index (χ3n) is 3.00. The Labute approximate surface area is 113 Å². The zero-order chi connectivity index (χ0) is 13.7. The van der Waals surface area contributed by atoms with Gasteiger partial charge < -0.3 is 16.5 Å². The molecule has 0 saturated heterocycles. The van der Waals surface area contributed by atoms with Gasteiger partial charge in [-0.25, -0.2) is 5.84 Å². The highest BCUT2D eigenvalue weighted by molar-refractivity contribution is 5.71. The number of anilines is 3. The summed E-state index contributed by atoms with van der Waals surface area (Å²) in [6.45, 7) is 0.609.